The van der Waals surface area contributed by atoms with Crippen LogP contribution in [0.15, 0.2) is 65.7 Å². The summed E-state index contributed by atoms with van der Waals surface area (Å²) in [5.41, 5.74) is 1.32. The summed E-state index contributed by atoms with van der Waals surface area (Å²) < 4.78 is 3.10. The van der Waals surface area contributed by atoms with Gasteiger partial charge in [0.25, 0.3) is 5.56 Å². The first-order valence-electron chi connectivity index (χ1n) is 15.6. The Hall–Kier alpha value is -4.87. The van der Waals surface area contributed by atoms with Crippen molar-refractivity contribution in [2.75, 3.05) is 19.6 Å². The summed E-state index contributed by atoms with van der Waals surface area (Å²) in [6.45, 7) is 3.10. The molecule has 0 radical (unpaired) electrons. The highest BCUT2D eigenvalue weighted by Gasteiger charge is 2.34. The van der Waals surface area contributed by atoms with E-state index < -0.39 is 12.1 Å². The van der Waals surface area contributed by atoms with E-state index in [2.05, 4.69) is 15.4 Å². The third-order valence-electron chi connectivity index (χ3n) is 8.63. The molecule has 2 aromatic carbocycles. The molecule has 2 atom stereocenters. The minimum atomic E-state index is -0.560. The van der Waals surface area contributed by atoms with Gasteiger partial charge < -0.3 is 15.1 Å². The monoisotopic (exact) mass is 610 g/mol. The van der Waals surface area contributed by atoms with Gasteiger partial charge in [-0.3, -0.25) is 23.7 Å². The number of aromatic nitrogens is 5. The number of carbonyl (C=O) groups is 3. The SMILES string of the molecule is Cc1nc2n(n1)CCN(C(=O)Cn1cnc3ccccc3c1=O)CCCC(=O)N1CCCC[C@H]1C(=O)N[C@@H]2Cc1ccccc1. The molecule has 2 aliphatic heterocycles. The van der Waals surface area contributed by atoms with Crippen LogP contribution in [-0.2, 0) is 33.9 Å². The van der Waals surface area contributed by atoms with Crippen LogP contribution >= 0.6 is 0 Å². The minimum absolute atomic E-state index is 0.0899. The van der Waals surface area contributed by atoms with E-state index in [1.165, 1.54) is 10.9 Å². The molecule has 4 heterocycles. The van der Waals surface area contributed by atoms with Gasteiger partial charge in [-0.05, 0) is 56.7 Å². The van der Waals surface area contributed by atoms with E-state index in [0.29, 0.717) is 61.4 Å². The summed E-state index contributed by atoms with van der Waals surface area (Å²) in [5, 5.41) is 8.31. The maximum Gasteiger partial charge on any atom is 0.261 e. The van der Waals surface area contributed by atoms with Crippen molar-refractivity contribution in [1.29, 1.82) is 0 Å². The molecule has 2 aromatic heterocycles. The quantitative estimate of drug-likeness (QED) is 0.375. The number of carbonyl (C=O) groups excluding carboxylic acids is 3. The number of amides is 3. The summed E-state index contributed by atoms with van der Waals surface area (Å²) in [4.78, 5) is 66.5. The molecule has 12 nitrogen and oxygen atoms in total. The fourth-order valence-corrected chi connectivity index (χ4v) is 6.33. The third-order valence-corrected chi connectivity index (χ3v) is 8.63. The molecule has 2 aliphatic rings. The van der Waals surface area contributed by atoms with Gasteiger partial charge in [-0.25, -0.2) is 14.6 Å². The molecular weight excluding hydrogens is 572 g/mol. The number of nitrogens with zero attached hydrogens (tertiary/aromatic N) is 7. The van der Waals surface area contributed by atoms with Gasteiger partial charge in [0.2, 0.25) is 17.7 Å². The Bertz CT molecular complexity index is 1750. The van der Waals surface area contributed by atoms with Gasteiger partial charge in [0.05, 0.1) is 29.8 Å². The Morgan fingerprint density at radius 3 is 2.58 bits per heavy atom. The number of fused-ring (bicyclic) bond motifs is 3. The van der Waals surface area contributed by atoms with Gasteiger partial charge in [-0.15, -0.1) is 0 Å². The van der Waals surface area contributed by atoms with Crippen molar-refractivity contribution in [2.45, 2.75) is 70.6 Å². The highest BCUT2D eigenvalue weighted by Crippen LogP contribution is 2.23. The molecule has 1 N–H and O–H groups in total. The first-order chi connectivity index (χ1) is 21.9. The van der Waals surface area contributed by atoms with Crippen LogP contribution in [0.5, 0.6) is 0 Å². The molecule has 234 valence electrons. The van der Waals surface area contributed by atoms with E-state index in [4.69, 9.17) is 4.98 Å². The van der Waals surface area contributed by atoms with Crippen LogP contribution in [0, 0.1) is 6.92 Å². The summed E-state index contributed by atoms with van der Waals surface area (Å²) in [6.07, 6.45) is 4.85. The zero-order valence-corrected chi connectivity index (χ0v) is 25.5. The molecule has 0 spiro atoms. The fourth-order valence-electron chi connectivity index (χ4n) is 6.33. The van der Waals surface area contributed by atoms with Gasteiger partial charge in [0.1, 0.15) is 24.2 Å². The topological polar surface area (TPSA) is 135 Å². The smallest absolute Gasteiger partial charge is 0.261 e. The van der Waals surface area contributed by atoms with E-state index in [0.717, 1.165) is 18.4 Å². The Labute approximate surface area is 261 Å². The van der Waals surface area contributed by atoms with Gasteiger partial charge in [-0.2, -0.15) is 5.10 Å². The van der Waals surface area contributed by atoms with Gasteiger partial charge >= 0.3 is 0 Å². The molecule has 1 fully saturated rings. The Balaban J connectivity index is 1.31. The lowest BCUT2D eigenvalue weighted by Crippen LogP contribution is -2.53. The molecule has 0 bridgehead atoms. The first kappa shape index (κ1) is 30.2. The summed E-state index contributed by atoms with van der Waals surface area (Å²) in [7, 11) is 0. The van der Waals surface area contributed by atoms with Crippen LogP contribution in [0.1, 0.15) is 55.4 Å². The van der Waals surface area contributed by atoms with Crippen molar-refractivity contribution in [1.82, 2.24) is 39.4 Å². The second kappa shape index (κ2) is 13.4. The number of piperidine rings is 1. The highest BCUT2D eigenvalue weighted by molar-refractivity contribution is 5.88. The van der Waals surface area contributed by atoms with Crippen LogP contribution in [0.3, 0.4) is 0 Å². The van der Waals surface area contributed by atoms with Crippen molar-refractivity contribution in [3.05, 3.63) is 88.5 Å². The highest BCUT2D eigenvalue weighted by atomic mass is 16.2. The number of nitrogens with one attached hydrogen (secondary N) is 1. The molecule has 4 aromatic rings. The van der Waals surface area contributed by atoms with Crippen LogP contribution in [-0.4, -0.2) is 77.5 Å². The van der Waals surface area contributed by atoms with Gasteiger partial charge in [-0.1, -0.05) is 42.5 Å². The van der Waals surface area contributed by atoms with Crippen LogP contribution in [0.2, 0.25) is 0 Å². The van der Waals surface area contributed by atoms with Crippen molar-refractivity contribution < 1.29 is 14.4 Å². The van der Waals surface area contributed by atoms with E-state index in [1.54, 1.807) is 39.6 Å². The van der Waals surface area contributed by atoms with Gasteiger partial charge in [0, 0.05) is 26.1 Å². The number of rotatable bonds is 4. The molecule has 1 saturated heterocycles. The van der Waals surface area contributed by atoms with E-state index in [9.17, 15) is 19.2 Å². The molecule has 45 heavy (non-hydrogen) atoms. The Morgan fingerprint density at radius 2 is 1.73 bits per heavy atom. The van der Waals surface area contributed by atoms with Crippen molar-refractivity contribution in [2.24, 2.45) is 0 Å². The lowest BCUT2D eigenvalue weighted by atomic mass is 9.99. The summed E-state index contributed by atoms with van der Waals surface area (Å²) in [6, 6.07) is 15.9. The maximum atomic E-state index is 13.8. The lowest BCUT2D eigenvalue weighted by molar-refractivity contribution is -0.143. The zero-order valence-electron chi connectivity index (χ0n) is 25.5. The second-order valence-corrected chi connectivity index (χ2v) is 11.8. The van der Waals surface area contributed by atoms with E-state index in [-0.39, 0.29) is 42.8 Å². The average Bonchev–Trinajstić information content (AvgIpc) is 3.43. The first-order valence-corrected chi connectivity index (χ1v) is 15.6. The maximum absolute atomic E-state index is 13.8. The predicted octanol–water partition coefficient (Wildman–Crippen LogP) is 2.40. The molecule has 0 unspecified atom stereocenters. The number of aryl methyl sites for hydroxylation is 1. The predicted molar refractivity (Wildman–Crippen MR) is 167 cm³/mol. The zero-order chi connectivity index (χ0) is 31.3. The van der Waals surface area contributed by atoms with Crippen LogP contribution < -0.4 is 10.9 Å². The number of hydrogen-bond acceptors (Lipinski definition) is 7. The number of hydrogen-bond donors (Lipinski definition) is 1. The Kier molecular flexibility index (Phi) is 8.99. The largest absolute Gasteiger partial charge is 0.344 e. The molecule has 6 rings (SSSR count). The third kappa shape index (κ3) is 6.79. The minimum Gasteiger partial charge on any atom is -0.344 e. The second-order valence-electron chi connectivity index (χ2n) is 11.8. The molecule has 0 saturated carbocycles. The van der Waals surface area contributed by atoms with E-state index in [1.807, 2.05) is 36.4 Å². The summed E-state index contributed by atoms with van der Waals surface area (Å²) >= 11 is 0. The van der Waals surface area contributed by atoms with Gasteiger partial charge in [0.15, 0.2) is 0 Å². The van der Waals surface area contributed by atoms with Crippen molar-refractivity contribution in [3.8, 4) is 0 Å². The van der Waals surface area contributed by atoms with E-state index >= 15 is 0 Å². The van der Waals surface area contributed by atoms with Crippen LogP contribution in [0.4, 0.5) is 0 Å². The summed E-state index contributed by atoms with van der Waals surface area (Å²) in [5.74, 6) is 0.630. The standard InChI is InChI=1S/C33H38N8O4/c1-23-35-31-27(20-24-10-3-2-4-11-24)36-32(44)28-14-7-8-17-40(28)29(42)15-9-16-38(18-19-41(31)37-23)30(43)21-39-22-34-26-13-6-5-12-25(26)33(39)45/h2-6,10-13,22,27-28H,7-9,14-21H2,1H3,(H,36,44)/t27-,28+/m1/s1. The molecular formula is C33H38N8O4. The number of benzene rings is 2. The van der Waals surface area contributed by atoms with Crippen molar-refractivity contribution in [3.63, 3.8) is 0 Å². The normalized spacial score (nSPS) is 19.8. The molecule has 0 aliphatic carbocycles. The molecule has 12 heteroatoms. The fraction of sp³-hybridized carbons (Fsp3) is 0.424. The van der Waals surface area contributed by atoms with Crippen LogP contribution in [0.25, 0.3) is 10.9 Å². The average molecular weight is 611 g/mol. The Morgan fingerprint density at radius 1 is 0.933 bits per heavy atom. The van der Waals surface area contributed by atoms with Crippen molar-refractivity contribution >= 4 is 28.6 Å². The number of para-hydroxylation sites is 1. The lowest BCUT2D eigenvalue weighted by Gasteiger charge is -2.36. The molecule has 3 amide bonds.